The molecular formula is C18H14BrN3O2S2. The maximum Gasteiger partial charge on any atom is 0.269 e. The van der Waals surface area contributed by atoms with E-state index in [1.54, 1.807) is 36.7 Å². The summed E-state index contributed by atoms with van der Waals surface area (Å²) in [5.74, 6) is 0. The molecule has 0 saturated heterocycles. The van der Waals surface area contributed by atoms with Crippen molar-refractivity contribution in [3.05, 3.63) is 63.8 Å². The molecule has 8 heteroatoms. The third kappa shape index (κ3) is 2.87. The predicted octanol–water partition coefficient (Wildman–Crippen LogP) is 4.78. The van der Waals surface area contributed by atoms with Gasteiger partial charge in [0.2, 0.25) is 0 Å². The molecule has 0 N–H and O–H groups in total. The smallest absolute Gasteiger partial charge is 0.237 e. The summed E-state index contributed by atoms with van der Waals surface area (Å²) in [6, 6.07) is 8.74. The molecule has 0 atom stereocenters. The molecule has 5 nitrogen and oxygen atoms in total. The molecule has 3 heterocycles. The summed E-state index contributed by atoms with van der Waals surface area (Å²) < 4.78 is 28.4. The van der Waals surface area contributed by atoms with E-state index in [0.717, 1.165) is 31.7 Å². The van der Waals surface area contributed by atoms with Crippen LogP contribution in [0.3, 0.4) is 0 Å². The Hall–Kier alpha value is -2.03. The lowest BCUT2D eigenvalue weighted by molar-refractivity contribution is 0.589. The van der Waals surface area contributed by atoms with Crippen LogP contribution in [0.15, 0.2) is 57.6 Å². The Kier molecular flexibility index (Phi) is 4.21. The van der Waals surface area contributed by atoms with E-state index >= 15 is 0 Å². The molecule has 1 aromatic carbocycles. The van der Waals surface area contributed by atoms with Crippen molar-refractivity contribution in [3.8, 4) is 10.6 Å². The van der Waals surface area contributed by atoms with Gasteiger partial charge in [-0.1, -0.05) is 17.7 Å². The molecule has 0 saturated carbocycles. The molecule has 132 valence electrons. The minimum absolute atomic E-state index is 0.231. The summed E-state index contributed by atoms with van der Waals surface area (Å²) in [6.07, 6.45) is 3.28. The first kappa shape index (κ1) is 17.4. The molecule has 0 unspecified atom stereocenters. The maximum atomic E-state index is 13.2. The fourth-order valence-corrected chi connectivity index (χ4v) is 5.34. The zero-order valence-electron chi connectivity index (χ0n) is 14.0. The standard InChI is InChI=1S/C18H14BrN3O2S2/c1-11-3-5-13(6-4-11)26(23,24)22-9-15(18-21-16(19)10-25-18)14-7-12(2)8-20-17(14)22/h3-10H,1-2H3. The van der Waals surface area contributed by atoms with E-state index in [1.165, 1.54) is 15.3 Å². The Balaban J connectivity index is 2.00. The second-order valence-corrected chi connectivity index (χ2v) is 9.50. The molecule has 0 spiro atoms. The highest BCUT2D eigenvalue weighted by molar-refractivity contribution is 9.10. The zero-order valence-corrected chi connectivity index (χ0v) is 17.2. The third-order valence-electron chi connectivity index (χ3n) is 4.03. The third-order valence-corrected chi connectivity index (χ3v) is 7.28. The number of halogens is 1. The van der Waals surface area contributed by atoms with Crippen molar-refractivity contribution in [1.82, 2.24) is 13.9 Å². The SMILES string of the molecule is Cc1ccc(S(=O)(=O)n2cc(-c3nc(Br)cs3)c3cc(C)cnc32)cc1. The van der Waals surface area contributed by atoms with E-state index in [0.29, 0.717) is 5.65 Å². The van der Waals surface area contributed by atoms with Crippen LogP contribution in [0.1, 0.15) is 11.1 Å². The minimum Gasteiger partial charge on any atom is -0.237 e. The lowest BCUT2D eigenvalue weighted by Gasteiger charge is -2.07. The Bertz CT molecular complexity index is 1230. The van der Waals surface area contributed by atoms with Crippen molar-refractivity contribution >= 4 is 48.3 Å². The highest BCUT2D eigenvalue weighted by Crippen LogP contribution is 2.35. The van der Waals surface area contributed by atoms with Crippen molar-refractivity contribution in [3.63, 3.8) is 0 Å². The Labute approximate surface area is 163 Å². The first-order chi connectivity index (χ1) is 12.4. The molecule has 0 aliphatic heterocycles. The number of aromatic nitrogens is 3. The van der Waals surface area contributed by atoms with Crippen LogP contribution >= 0.6 is 27.3 Å². The van der Waals surface area contributed by atoms with Gasteiger partial charge in [0.1, 0.15) is 9.61 Å². The largest absolute Gasteiger partial charge is 0.269 e. The van der Waals surface area contributed by atoms with E-state index in [9.17, 15) is 8.42 Å². The molecule has 0 bridgehead atoms. The quantitative estimate of drug-likeness (QED) is 0.453. The zero-order chi connectivity index (χ0) is 18.5. The summed E-state index contributed by atoms with van der Waals surface area (Å²) in [4.78, 5) is 9.06. The number of aryl methyl sites for hydroxylation is 2. The van der Waals surface area contributed by atoms with Crippen LogP contribution in [0.25, 0.3) is 21.6 Å². The topological polar surface area (TPSA) is 64.8 Å². The van der Waals surface area contributed by atoms with Gasteiger partial charge in [0, 0.05) is 28.7 Å². The number of hydrogen-bond donors (Lipinski definition) is 0. The van der Waals surface area contributed by atoms with Crippen LogP contribution in [-0.4, -0.2) is 22.4 Å². The Morgan fingerprint density at radius 1 is 1.12 bits per heavy atom. The normalized spacial score (nSPS) is 12.0. The van der Waals surface area contributed by atoms with Crippen LogP contribution in [0.4, 0.5) is 0 Å². The van der Waals surface area contributed by atoms with Gasteiger partial charge in [-0.05, 0) is 53.5 Å². The molecule has 3 aromatic heterocycles. The lowest BCUT2D eigenvalue weighted by Crippen LogP contribution is -2.12. The van der Waals surface area contributed by atoms with Crippen LogP contribution < -0.4 is 0 Å². The molecule has 4 aromatic rings. The number of pyridine rings is 1. The van der Waals surface area contributed by atoms with Gasteiger partial charge in [0.25, 0.3) is 10.0 Å². The molecule has 0 amide bonds. The highest BCUT2D eigenvalue weighted by atomic mass is 79.9. The van der Waals surface area contributed by atoms with Crippen molar-refractivity contribution in [2.75, 3.05) is 0 Å². The summed E-state index contributed by atoms with van der Waals surface area (Å²) in [7, 11) is -3.76. The predicted molar refractivity (Wildman–Crippen MR) is 107 cm³/mol. The van der Waals surface area contributed by atoms with E-state index in [2.05, 4.69) is 25.9 Å². The summed E-state index contributed by atoms with van der Waals surface area (Å²) >= 11 is 4.81. The Morgan fingerprint density at radius 2 is 1.85 bits per heavy atom. The summed E-state index contributed by atoms with van der Waals surface area (Å²) in [5.41, 5.74) is 3.11. The monoisotopic (exact) mass is 447 g/mol. The molecule has 0 radical (unpaired) electrons. The first-order valence-electron chi connectivity index (χ1n) is 7.77. The number of fused-ring (bicyclic) bond motifs is 1. The van der Waals surface area contributed by atoms with Crippen LogP contribution in [0.2, 0.25) is 0 Å². The molecule has 26 heavy (non-hydrogen) atoms. The summed E-state index contributed by atoms with van der Waals surface area (Å²) in [6.45, 7) is 3.85. The fraction of sp³-hybridized carbons (Fsp3) is 0.111. The van der Waals surface area contributed by atoms with E-state index in [4.69, 9.17) is 0 Å². The molecular weight excluding hydrogens is 434 g/mol. The Morgan fingerprint density at radius 3 is 2.50 bits per heavy atom. The van der Waals surface area contributed by atoms with Crippen molar-refractivity contribution < 1.29 is 8.42 Å². The maximum absolute atomic E-state index is 13.2. The van der Waals surface area contributed by atoms with Gasteiger partial charge in [-0.3, -0.25) is 0 Å². The number of benzene rings is 1. The number of rotatable bonds is 3. The van der Waals surface area contributed by atoms with Crippen LogP contribution in [0.5, 0.6) is 0 Å². The van der Waals surface area contributed by atoms with Crippen molar-refractivity contribution in [2.24, 2.45) is 0 Å². The number of hydrogen-bond acceptors (Lipinski definition) is 5. The van der Waals surface area contributed by atoms with Gasteiger partial charge in [-0.15, -0.1) is 11.3 Å². The second-order valence-electron chi connectivity index (χ2n) is 6.02. The van der Waals surface area contributed by atoms with Crippen LogP contribution in [-0.2, 0) is 10.0 Å². The van der Waals surface area contributed by atoms with E-state index in [1.807, 2.05) is 25.3 Å². The average Bonchev–Trinajstić information content (AvgIpc) is 3.18. The molecule has 0 aliphatic carbocycles. The number of thiazole rings is 1. The van der Waals surface area contributed by atoms with Gasteiger partial charge in [0.15, 0.2) is 5.65 Å². The lowest BCUT2D eigenvalue weighted by atomic mass is 10.2. The fourth-order valence-electron chi connectivity index (χ4n) is 2.74. The molecule has 4 rings (SSSR count). The first-order valence-corrected chi connectivity index (χ1v) is 10.9. The van der Waals surface area contributed by atoms with Crippen molar-refractivity contribution in [1.29, 1.82) is 0 Å². The average molecular weight is 448 g/mol. The van der Waals surface area contributed by atoms with E-state index < -0.39 is 10.0 Å². The molecule has 0 fully saturated rings. The van der Waals surface area contributed by atoms with Gasteiger partial charge < -0.3 is 0 Å². The van der Waals surface area contributed by atoms with Gasteiger partial charge in [-0.2, -0.15) is 0 Å². The summed E-state index contributed by atoms with van der Waals surface area (Å²) in [5, 5.41) is 3.38. The molecule has 0 aliphatic rings. The van der Waals surface area contributed by atoms with E-state index in [-0.39, 0.29) is 4.90 Å². The minimum atomic E-state index is -3.76. The van der Waals surface area contributed by atoms with Gasteiger partial charge in [-0.25, -0.2) is 22.4 Å². The van der Waals surface area contributed by atoms with Crippen molar-refractivity contribution in [2.45, 2.75) is 18.7 Å². The second kappa shape index (κ2) is 6.29. The highest BCUT2D eigenvalue weighted by Gasteiger charge is 2.23. The van der Waals surface area contributed by atoms with Gasteiger partial charge >= 0.3 is 0 Å². The van der Waals surface area contributed by atoms with Gasteiger partial charge in [0.05, 0.1) is 4.90 Å². The van der Waals surface area contributed by atoms with Crippen LogP contribution in [0, 0.1) is 13.8 Å². The number of nitrogens with zero attached hydrogens (tertiary/aromatic N) is 3.